The Morgan fingerprint density at radius 2 is 2.12 bits per heavy atom. The van der Waals surface area contributed by atoms with Crippen LogP contribution < -0.4 is 0 Å². The SMILES string of the molecule is Cc1cc(C(O)Cc2ccccn2)ccc1F. The Kier molecular flexibility index (Phi) is 3.49. The molecular formula is C14H14FNO. The third-order valence-electron chi connectivity index (χ3n) is 2.70. The largest absolute Gasteiger partial charge is 0.388 e. The summed E-state index contributed by atoms with van der Waals surface area (Å²) in [6.07, 6.45) is 1.48. The van der Waals surface area contributed by atoms with Gasteiger partial charge >= 0.3 is 0 Å². The molecule has 1 N–H and O–H groups in total. The molecule has 1 aromatic carbocycles. The molecule has 0 fully saturated rings. The van der Waals surface area contributed by atoms with Gasteiger partial charge < -0.3 is 5.11 Å². The molecule has 2 nitrogen and oxygen atoms in total. The molecule has 0 amide bonds. The fraction of sp³-hybridized carbons (Fsp3) is 0.214. The van der Waals surface area contributed by atoms with Crippen molar-refractivity contribution in [3.63, 3.8) is 0 Å². The molecule has 3 heteroatoms. The minimum Gasteiger partial charge on any atom is -0.388 e. The van der Waals surface area contributed by atoms with E-state index in [0.717, 1.165) is 11.3 Å². The summed E-state index contributed by atoms with van der Waals surface area (Å²) in [6.45, 7) is 1.69. The van der Waals surface area contributed by atoms with Crippen molar-refractivity contribution in [2.75, 3.05) is 0 Å². The summed E-state index contributed by atoms with van der Waals surface area (Å²) in [7, 11) is 0. The molecule has 0 bridgehead atoms. The Morgan fingerprint density at radius 3 is 2.76 bits per heavy atom. The summed E-state index contributed by atoms with van der Waals surface area (Å²) in [5.74, 6) is -0.251. The maximum absolute atomic E-state index is 13.1. The second kappa shape index (κ2) is 5.06. The molecule has 1 atom stereocenters. The summed E-state index contributed by atoms with van der Waals surface area (Å²) in [5, 5.41) is 10.0. The Labute approximate surface area is 99.8 Å². The Balaban J connectivity index is 2.14. The number of nitrogens with zero attached hydrogens (tertiary/aromatic N) is 1. The van der Waals surface area contributed by atoms with Gasteiger partial charge in [0.25, 0.3) is 0 Å². The number of aromatic nitrogens is 1. The van der Waals surface area contributed by atoms with Crippen LogP contribution in [0.2, 0.25) is 0 Å². The van der Waals surface area contributed by atoms with Gasteiger partial charge in [0.1, 0.15) is 5.82 Å². The van der Waals surface area contributed by atoms with Gasteiger partial charge in [0.15, 0.2) is 0 Å². The number of aryl methyl sites for hydroxylation is 1. The van der Waals surface area contributed by atoms with Crippen molar-refractivity contribution in [3.05, 3.63) is 65.2 Å². The first-order valence-corrected chi connectivity index (χ1v) is 5.51. The molecule has 1 aromatic heterocycles. The van der Waals surface area contributed by atoms with Crippen LogP contribution in [0.4, 0.5) is 4.39 Å². The third kappa shape index (κ3) is 2.88. The fourth-order valence-electron chi connectivity index (χ4n) is 1.71. The number of pyridine rings is 1. The number of aliphatic hydroxyl groups is 1. The maximum Gasteiger partial charge on any atom is 0.126 e. The third-order valence-corrected chi connectivity index (χ3v) is 2.70. The van der Waals surface area contributed by atoms with Crippen molar-refractivity contribution >= 4 is 0 Å². The average molecular weight is 231 g/mol. The van der Waals surface area contributed by atoms with E-state index in [-0.39, 0.29) is 5.82 Å². The van der Waals surface area contributed by atoms with E-state index in [9.17, 15) is 9.50 Å². The smallest absolute Gasteiger partial charge is 0.126 e. The lowest BCUT2D eigenvalue weighted by Gasteiger charge is -2.11. The van der Waals surface area contributed by atoms with Gasteiger partial charge in [-0.25, -0.2) is 4.39 Å². The molecule has 0 aliphatic heterocycles. The van der Waals surface area contributed by atoms with E-state index in [1.54, 1.807) is 25.3 Å². The van der Waals surface area contributed by atoms with E-state index in [1.165, 1.54) is 6.07 Å². The van der Waals surface area contributed by atoms with E-state index in [4.69, 9.17) is 0 Å². The molecule has 2 aromatic rings. The first-order chi connectivity index (χ1) is 8.16. The van der Waals surface area contributed by atoms with Crippen molar-refractivity contribution < 1.29 is 9.50 Å². The minimum atomic E-state index is -0.649. The first kappa shape index (κ1) is 11.7. The lowest BCUT2D eigenvalue weighted by atomic mass is 10.0. The Hall–Kier alpha value is -1.74. The monoisotopic (exact) mass is 231 g/mol. The van der Waals surface area contributed by atoms with Gasteiger partial charge in [0.05, 0.1) is 6.10 Å². The molecule has 0 radical (unpaired) electrons. The molecule has 1 heterocycles. The molecule has 0 aliphatic carbocycles. The van der Waals surface area contributed by atoms with Crippen LogP contribution in [0.1, 0.15) is 22.9 Å². The molecule has 1 unspecified atom stereocenters. The first-order valence-electron chi connectivity index (χ1n) is 5.51. The van der Waals surface area contributed by atoms with Crippen LogP contribution in [0.15, 0.2) is 42.6 Å². The van der Waals surface area contributed by atoms with E-state index in [1.807, 2.05) is 18.2 Å². The summed E-state index contributed by atoms with van der Waals surface area (Å²) in [5.41, 5.74) is 2.08. The van der Waals surface area contributed by atoms with Crippen LogP contribution in [0.5, 0.6) is 0 Å². The van der Waals surface area contributed by atoms with Crippen molar-refractivity contribution in [1.29, 1.82) is 0 Å². The molecule has 0 saturated carbocycles. The minimum absolute atomic E-state index is 0.251. The second-order valence-electron chi connectivity index (χ2n) is 4.05. The van der Waals surface area contributed by atoms with Crippen LogP contribution in [-0.2, 0) is 6.42 Å². The number of hydrogen-bond donors (Lipinski definition) is 1. The molecular weight excluding hydrogens is 217 g/mol. The van der Waals surface area contributed by atoms with Crippen LogP contribution in [0.25, 0.3) is 0 Å². The van der Waals surface area contributed by atoms with Crippen LogP contribution >= 0.6 is 0 Å². The Bertz CT molecular complexity index is 499. The summed E-state index contributed by atoms with van der Waals surface area (Å²) >= 11 is 0. The number of benzene rings is 1. The molecule has 88 valence electrons. The van der Waals surface area contributed by atoms with Crippen LogP contribution in [0.3, 0.4) is 0 Å². The fourth-order valence-corrected chi connectivity index (χ4v) is 1.71. The van der Waals surface area contributed by atoms with Gasteiger partial charge in [0.2, 0.25) is 0 Å². The average Bonchev–Trinajstić information content (AvgIpc) is 2.34. The van der Waals surface area contributed by atoms with Gasteiger partial charge in [-0.3, -0.25) is 4.98 Å². The zero-order chi connectivity index (χ0) is 12.3. The van der Waals surface area contributed by atoms with E-state index in [0.29, 0.717) is 12.0 Å². The standard InChI is InChI=1S/C14H14FNO/c1-10-8-11(5-6-13(10)15)14(17)9-12-4-2-3-7-16-12/h2-8,14,17H,9H2,1H3. The van der Waals surface area contributed by atoms with Gasteiger partial charge in [-0.2, -0.15) is 0 Å². The maximum atomic E-state index is 13.1. The van der Waals surface area contributed by atoms with Gasteiger partial charge in [-0.15, -0.1) is 0 Å². The van der Waals surface area contributed by atoms with Gasteiger partial charge in [-0.1, -0.05) is 18.2 Å². The summed E-state index contributed by atoms with van der Waals surface area (Å²) in [6, 6.07) is 10.2. The summed E-state index contributed by atoms with van der Waals surface area (Å²) in [4.78, 5) is 4.15. The van der Waals surface area contributed by atoms with Crippen molar-refractivity contribution in [1.82, 2.24) is 4.98 Å². The molecule has 17 heavy (non-hydrogen) atoms. The number of hydrogen-bond acceptors (Lipinski definition) is 2. The van der Waals surface area contributed by atoms with Crippen molar-refractivity contribution in [3.8, 4) is 0 Å². The van der Waals surface area contributed by atoms with Crippen LogP contribution in [-0.4, -0.2) is 10.1 Å². The topological polar surface area (TPSA) is 33.1 Å². The highest BCUT2D eigenvalue weighted by Crippen LogP contribution is 2.19. The highest BCUT2D eigenvalue weighted by atomic mass is 19.1. The van der Waals surface area contributed by atoms with E-state index < -0.39 is 6.10 Å². The van der Waals surface area contributed by atoms with Gasteiger partial charge in [-0.05, 0) is 36.2 Å². The van der Waals surface area contributed by atoms with Crippen molar-refractivity contribution in [2.45, 2.75) is 19.4 Å². The van der Waals surface area contributed by atoms with Gasteiger partial charge in [0, 0.05) is 18.3 Å². The zero-order valence-electron chi connectivity index (χ0n) is 9.60. The number of rotatable bonds is 3. The highest BCUT2D eigenvalue weighted by Gasteiger charge is 2.10. The lowest BCUT2D eigenvalue weighted by molar-refractivity contribution is 0.177. The lowest BCUT2D eigenvalue weighted by Crippen LogP contribution is -2.03. The quantitative estimate of drug-likeness (QED) is 0.881. The molecule has 0 aliphatic rings. The second-order valence-corrected chi connectivity index (χ2v) is 4.05. The van der Waals surface area contributed by atoms with E-state index in [2.05, 4.69) is 4.98 Å². The predicted octanol–water partition coefficient (Wildman–Crippen LogP) is 2.81. The van der Waals surface area contributed by atoms with Crippen molar-refractivity contribution in [2.24, 2.45) is 0 Å². The zero-order valence-corrected chi connectivity index (χ0v) is 9.60. The number of aliphatic hydroxyl groups excluding tert-OH is 1. The normalized spacial score (nSPS) is 12.4. The number of halogens is 1. The van der Waals surface area contributed by atoms with Crippen LogP contribution in [0, 0.1) is 12.7 Å². The predicted molar refractivity (Wildman–Crippen MR) is 64.0 cm³/mol. The summed E-state index contributed by atoms with van der Waals surface area (Å²) < 4.78 is 13.1. The van der Waals surface area contributed by atoms with E-state index >= 15 is 0 Å². The molecule has 2 rings (SSSR count). The molecule has 0 saturated heterocycles. The Morgan fingerprint density at radius 1 is 1.29 bits per heavy atom. The highest BCUT2D eigenvalue weighted by molar-refractivity contribution is 5.26. The molecule has 0 spiro atoms.